The highest BCUT2D eigenvalue weighted by Gasteiger charge is 2.25. The minimum absolute atomic E-state index is 0.0475. The number of hydrogen-bond donors (Lipinski definition) is 1. The number of carbonyl (C=O) groups excluding carboxylic acids is 1. The van der Waals surface area contributed by atoms with Gasteiger partial charge in [0.2, 0.25) is 5.91 Å². The fourth-order valence-corrected chi connectivity index (χ4v) is 4.29. The molecular formula is C19H21N3O5S. The summed E-state index contributed by atoms with van der Waals surface area (Å²) in [6, 6.07) is 12.3. The van der Waals surface area contributed by atoms with Gasteiger partial charge < -0.3 is 10.1 Å². The molecule has 0 saturated carbocycles. The van der Waals surface area contributed by atoms with E-state index in [2.05, 4.69) is 5.32 Å². The highest BCUT2D eigenvalue weighted by molar-refractivity contribution is 7.90. The topological polar surface area (TPSA) is 99.4 Å². The largest absolute Gasteiger partial charge is 0.497 e. The van der Waals surface area contributed by atoms with Gasteiger partial charge in [0.25, 0.3) is 10.0 Å². The Kier molecular flexibility index (Phi) is 5.55. The van der Waals surface area contributed by atoms with Crippen molar-refractivity contribution >= 4 is 27.0 Å². The van der Waals surface area contributed by atoms with E-state index in [4.69, 9.17) is 4.74 Å². The number of rotatable bonds is 7. The van der Waals surface area contributed by atoms with Crippen molar-refractivity contribution in [3.8, 4) is 5.75 Å². The number of amides is 1. The standard InChI is InChI=1S/C19H21N3O5S/c1-3-12-20-18(23)13-21-16-6-4-5-7-17(16)22(19(21)24)28(25,26)15-10-8-14(27-2)9-11-15/h4-11H,3,12-13H2,1-2H3,(H,20,23). The summed E-state index contributed by atoms with van der Waals surface area (Å²) >= 11 is 0. The minimum Gasteiger partial charge on any atom is -0.497 e. The van der Waals surface area contributed by atoms with Crippen LogP contribution in [0, 0.1) is 0 Å². The monoisotopic (exact) mass is 403 g/mol. The number of benzene rings is 2. The van der Waals surface area contributed by atoms with E-state index >= 15 is 0 Å². The van der Waals surface area contributed by atoms with Crippen molar-refractivity contribution in [1.29, 1.82) is 0 Å². The molecule has 28 heavy (non-hydrogen) atoms. The number of aromatic nitrogens is 2. The predicted octanol–water partition coefficient (Wildman–Crippen LogP) is 1.57. The van der Waals surface area contributed by atoms with Gasteiger partial charge in [-0.05, 0) is 42.8 Å². The summed E-state index contributed by atoms with van der Waals surface area (Å²) in [5.41, 5.74) is -0.202. The number of fused-ring (bicyclic) bond motifs is 1. The lowest BCUT2D eigenvalue weighted by molar-refractivity contribution is -0.121. The van der Waals surface area contributed by atoms with Crippen molar-refractivity contribution in [3.05, 3.63) is 59.0 Å². The van der Waals surface area contributed by atoms with Crippen LogP contribution in [0.25, 0.3) is 11.0 Å². The number of carbonyl (C=O) groups is 1. The summed E-state index contributed by atoms with van der Waals surface area (Å²) < 4.78 is 33.2. The first-order chi connectivity index (χ1) is 13.4. The average Bonchev–Trinajstić information content (AvgIpc) is 2.98. The quantitative estimate of drug-likeness (QED) is 0.646. The second-order valence-corrected chi connectivity index (χ2v) is 7.94. The SMILES string of the molecule is CCCNC(=O)Cn1c(=O)n(S(=O)(=O)c2ccc(OC)cc2)c2ccccc21. The van der Waals surface area contributed by atoms with Crippen LogP contribution in [0.3, 0.4) is 0 Å². The molecule has 0 aliphatic heterocycles. The van der Waals surface area contributed by atoms with Gasteiger partial charge in [-0.1, -0.05) is 19.1 Å². The van der Waals surface area contributed by atoms with Crippen LogP contribution in [0.2, 0.25) is 0 Å². The molecule has 9 heteroatoms. The third-order valence-electron chi connectivity index (χ3n) is 4.27. The van der Waals surface area contributed by atoms with Gasteiger partial charge in [-0.25, -0.2) is 13.2 Å². The van der Waals surface area contributed by atoms with E-state index in [0.717, 1.165) is 10.4 Å². The molecule has 1 heterocycles. The Morgan fingerprint density at radius 3 is 2.32 bits per heavy atom. The molecule has 148 valence electrons. The number of para-hydroxylation sites is 2. The van der Waals surface area contributed by atoms with Gasteiger partial charge in [0.1, 0.15) is 12.3 Å². The fourth-order valence-electron chi connectivity index (χ4n) is 2.88. The van der Waals surface area contributed by atoms with Crippen LogP contribution in [0.4, 0.5) is 0 Å². The molecule has 1 N–H and O–H groups in total. The van der Waals surface area contributed by atoms with Crippen LogP contribution >= 0.6 is 0 Å². The number of hydrogen-bond acceptors (Lipinski definition) is 5. The van der Waals surface area contributed by atoms with Gasteiger partial charge in [0, 0.05) is 6.54 Å². The number of imidazole rings is 1. The third kappa shape index (κ3) is 3.53. The molecule has 0 fully saturated rings. The summed E-state index contributed by atoms with van der Waals surface area (Å²) in [5, 5.41) is 2.69. The molecule has 0 atom stereocenters. The lowest BCUT2D eigenvalue weighted by Crippen LogP contribution is -2.35. The summed E-state index contributed by atoms with van der Waals surface area (Å²) in [7, 11) is -2.68. The molecule has 0 bridgehead atoms. The predicted molar refractivity (Wildman–Crippen MR) is 105 cm³/mol. The van der Waals surface area contributed by atoms with Crippen molar-refractivity contribution in [2.75, 3.05) is 13.7 Å². The van der Waals surface area contributed by atoms with Crippen LogP contribution in [0.1, 0.15) is 13.3 Å². The normalized spacial score (nSPS) is 11.5. The van der Waals surface area contributed by atoms with E-state index in [1.165, 1.54) is 42.0 Å². The van der Waals surface area contributed by atoms with Gasteiger partial charge in [0.15, 0.2) is 0 Å². The van der Waals surface area contributed by atoms with E-state index in [9.17, 15) is 18.0 Å². The Morgan fingerprint density at radius 1 is 1.07 bits per heavy atom. The van der Waals surface area contributed by atoms with Crippen LogP contribution in [0.15, 0.2) is 58.2 Å². The molecule has 8 nitrogen and oxygen atoms in total. The lowest BCUT2D eigenvalue weighted by atomic mass is 10.3. The molecule has 2 aromatic carbocycles. The Labute approximate surface area is 162 Å². The molecule has 0 saturated heterocycles. The molecule has 0 aliphatic rings. The van der Waals surface area contributed by atoms with E-state index < -0.39 is 15.7 Å². The summed E-state index contributed by atoms with van der Waals surface area (Å²) in [4.78, 5) is 25.1. The van der Waals surface area contributed by atoms with E-state index in [1.807, 2.05) is 6.92 Å². The third-order valence-corrected chi connectivity index (χ3v) is 5.97. The summed E-state index contributed by atoms with van der Waals surface area (Å²) in [6.45, 7) is 2.14. The number of nitrogens with zero attached hydrogens (tertiary/aromatic N) is 2. The Morgan fingerprint density at radius 2 is 1.71 bits per heavy atom. The second-order valence-electron chi connectivity index (χ2n) is 6.15. The first-order valence-corrected chi connectivity index (χ1v) is 10.2. The van der Waals surface area contributed by atoms with E-state index in [1.54, 1.807) is 18.2 Å². The molecule has 1 amide bonds. The fraction of sp³-hybridized carbons (Fsp3) is 0.263. The summed E-state index contributed by atoms with van der Waals surface area (Å²) in [5.74, 6) is 0.148. The van der Waals surface area contributed by atoms with Crippen molar-refractivity contribution in [2.45, 2.75) is 24.8 Å². The maximum absolute atomic E-state index is 13.1. The molecule has 0 spiro atoms. The van der Waals surface area contributed by atoms with Crippen LogP contribution < -0.4 is 15.7 Å². The van der Waals surface area contributed by atoms with Crippen LogP contribution in [-0.2, 0) is 21.4 Å². The number of methoxy groups -OCH3 is 1. The Hall–Kier alpha value is -3.07. The number of ether oxygens (including phenoxy) is 1. The van der Waals surface area contributed by atoms with Gasteiger partial charge >= 0.3 is 5.69 Å². The van der Waals surface area contributed by atoms with Crippen LogP contribution in [0.5, 0.6) is 5.75 Å². The first-order valence-electron chi connectivity index (χ1n) is 8.76. The van der Waals surface area contributed by atoms with Gasteiger partial charge in [-0.3, -0.25) is 9.36 Å². The van der Waals surface area contributed by atoms with Crippen molar-refractivity contribution in [1.82, 2.24) is 13.9 Å². The Bertz CT molecular complexity index is 1160. The van der Waals surface area contributed by atoms with Crippen molar-refractivity contribution < 1.29 is 17.9 Å². The number of nitrogens with one attached hydrogen (secondary N) is 1. The molecule has 0 aliphatic carbocycles. The highest BCUT2D eigenvalue weighted by atomic mass is 32.2. The van der Waals surface area contributed by atoms with E-state index in [-0.39, 0.29) is 22.9 Å². The van der Waals surface area contributed by atoms with Crippen molar-refractivity contribution in [3.63, 3.8) is 0 Å². The van der Waals surface area contributed by atoms with Gasteiger partial charge in [-0.2, -0.15) is 3.97 Å². The van der Waals surface area contributed by atoms with Crippen LogP contribution in [-0.4, -0.2) is 36.5 Å². The summed E-state index contributed by atoms with van der Waals surface area (Å²) in [6.07, 6.45) is 0.758. The zero-order chi connectivity index (χ0) is 20.3. The lowest BCUT2D eigenvalue weighted by Gasteiger charge is -2.07. The van der Waals surface area contributed by atoms with Gasteiger partial charge in [-0.15, -0.1) is 0 Å². The Balaban J connectivity index is 2.14. The maximum Gasteiger partial charge on any atom is 0.343 e. The molecule has 3 rings (SSSR count). The second kappa shape index (κ2) is 7.89. The molecule has 0 unspecified atom stereocenters. The van der Waals surface area contributed by atoms with Gasteiger partial charge in [0.05, 0.1) is 23.0 Å². The first kappa shape index (κ1) is 19.7. The zero-order valence-electron chi connectivity index (χ0n) is 15.6. The highest BCUT2D eigenvalue weighted by Crippen LogP contribution is 2.21. The maximum atomic E-state index is 13.1. The minimum atomic E-state index is -4.16. The molecule has 0 radical (unpaired) electrons. The average molecular weight is 403 g/mol. The molecular weight excluding hydrogens is 382 g/mol. The van der Waals surface area contributed by atoms with E-state index in [0.29, 0.717) is 17.8 Å². The molecule has 3 aromatic rings. The van der Waals surface area contributed by atoms with Crippen molar-refractivity contribution in [2.24, 2.45) is 0 Å². The smallest absolute Gasteiger partial charge is 0.343 e. The molecule has 1 aromatic heterocycles. The zero-order valence-corrected chi connectivity index (χ0v) is 16.4.